The molecule has 2 aromatic carbocycles. The second kappa shape index (κ2) is 8.83. The minimum absolute atomic E-state index is 0.0318. The third-order valence-corrected chi connectivity index (χ3v) is 5.92. The predicted octanol–water partition coefficient (Wildman–Crippen LogP) is 4.16. The number of aryl methyl sites for hydroxylation is 2. The molecular weight excluding hydrogens is 444 g/mol. The number of carbonyl (C=O) groups is 1. The lowest BCUT2D eigenvalue weighted by Crippen LogP contribution is -2.25. The van der Waals surface area contributed by atoms with Gasteiger partial charge < -0.3 is 14.4 Å². The first-order valence-corrected chi connectivity index (χ1v) is 11.5. The molecule has 0 fully saturated rings. The molecule has 0 saturated heterocycles. The minimum atomic E-state index is -0.281. The van der Waals surface area contributed by atoms with Crippen LogP contribution in [0.5, 0.6) is 0 Å². The second-order valence-corrected chi connectivity index (χ2v) is 9.10. The van der Waals surface area contributed by atoms with Crippen molar-refractivity contribution in [3.05, 3.63) is 82.0 Å². The Balaban J connectivity index is 1.57. The molecule has 0 atom stereocenters. The maximum absolute atomic E-state index is 13.6. The largest absolute Gasteiger partial charge is 0.337 e. The van der Waals surface area contributed by atoms with E-state index in [1.165, 1.54) is 10.9 Å². The van der Waals surface area contributed by atoms with E-state index in [2.05, 4.69) is 20.4 Å². The first kappa shape index (κ1) is 22.5. The van der Waals surface area contributed by atoms with Crippen molar-refractivity contribution < 1.29 is 9.32 Å². The van der Waals surface area contributed by atoms with Gasteiger partial charge in [0, 0.05) is 17.0 Å². The van der Waals surface area contributed by atoms with Crippen LogP contribution < -0.4 is 10.9 Å². The van der Waals surface area contributed by atoms with E-state index in [1.807, 2.05) is 70.2 Å². The summed E-state index contributed by atoms with van der Waals surface area (Å²) in [5, 5.41) is 7.71. The van der Waals surface area contributed by atoms with Crippen LogP contribution >= 0.6 is 0 Å². The highest BCUT2D eigenvalue weighted by Gasteiger charge is 2.20. The summed E-state index contributed by atoms with van der Waals surface area (Å²) in [4.78, 5) is 35.5. The number of aromatic nitrogens is 5. The van der Waals surface area contributed by atoms with Gasteiger partial charge >= 0.3 is 0 Å². The fourth-order valence-corrected chi connectivity index (χ4v) is 4.08. The van der Waals surface area contributed by atoms with Crippen molar-refractivity contribution in [3.8, 4) is 0 Å². The topological polar surface area (TPSA) is 108 Å². The Morgan fingerprint density at radius 1 is 1.09 bits per heavy atom. The van der Waals surface area contributed by atoms with E-state index in [0.29, 0.717) is 28.4 Å². The highest BCUT2D eigenvalue weighted by atomic mass is 16.5. The minimum Gasteiger partial charge on any atom is -0.337 e. The van der Waals surface area contributed by atoms with Crippen LogP contribution in [-0.4, -0.2) is 30.2 Å². The van der Waals surface area contributed by atoms with Gasteiger partial charge in [0.25, 0.3) is 5.56 Å². The van der Waals surface area contributed by atoms with E-state index in [0.717, 1.165) is 22.0 Å². The molecule has 0 unspecified atom stereocenters. The van der Waals surface area contributed by atoms with Gasteiger partial charge in [-0.1, -0.05) is 48.3 Å². The fourth-order valence-electron chi connectivity index (χ4n) is 4.08. The first-order valence-electron chi connectivity index (χ1n) is 11.5. The molecule has 1 N–H and O–H groups in total. The molecule has 0 spiro atoms. The van der Waals surface area contributed by atoms with Crippen molar-refractivity contribution in [3.63, 3.8) is 0 Å². The number of hydrogen-bond acceptors (Lipinski definition) is 6. The molecule has 3 heterocycles. The molecule has 0 bridgehead atoms. The Labute approximate surface area is 201 Å². The molecule has 0 radical (unpaired) electrons. The van der Waals surface area contributed by atoms with Gasteiger partial charge in [0.05, 0.1) is 11.8 Å². The number of rotatable bonds is 6. The molecule has 0 aliphatic heterocycles. The first-order chi connectivity index (χ1) is 16.8. The molecule has 9 nitrogen and oxygen atoms in total. The van der Waals surface area contributed by atoms with Gasteiger partial charge in [-0.3, -0.25) is 14.2 Å². The van der Waals surface area contributed by atoms with E-state index in [9.17, 15) is 9.59 Å². The summed E-state index contributed by atoms with van der Waals surface area (Å²) in [5.41, 5.74) is 4.25. The lowest BCUT2D eigenvalue weighted by atomic mass is 10.1. The number of nitrogens with one attached hydrogen (secondary N) is 1. The number of nitrogens with zero attached hydrogens (tertiary/aromatic N) is 5. The molecular formula is C26H26N6O3. The van der Waals surface area contributed by atoms with Gasteiger partial charge in [-0.15, -0.1) is 0 Å². The van der Waals surface area contributed by atoms with Gasteiger partial charge in [0.15, 0.2) is 5.82 Å². The number of anilines is 1. The lowest BCUT2D eigenvalue weighted by Gasteiger charge is -2.09. The van der Waals surface area contributed by atoms with Crippen LogP contribution in [0.1, 0.15) is 42.6 Å². The fraction of sp³-hybridized carbons (Fsp3) is 0.269. The van der Waals surface area contributed by atoms with Crippen LogP contribution in [0, 0.1) is 13.8 Å². The van der Waals surface area contributed by atoms with Crippen molar-refractivity contribution in [2.75, 3.05) is 5.32 Å². The average molecular weight is 471 g/mol. The summed E-state index contributed by atoms with van der Waals surface area (Å²) in [6.45, 7) is 7.97. The van der Waals surface area contributed by atoms with Crippen LogP contribution in [0.4, 0.5) is 5.69 Å². The van der Waals surface area contributed by atoms with Crippen LogP contribution in [0.15, 0.2) is 58.1 Å². The maximum atomic E-state index is 13.6. The van der Waals surface area contributed by atoms with E-state index < -0.39 is 0 Å². The van der Waals surface area contributed by atoms with Gasteiger partial charge in [0.2, 0.25) is 11.8 Å². The quantitative estimate of drug-likeness (QED) is 0.399. The van der Waals surface area contributed by atoms with Crippen LogP contribution in [0.2, 0.25) is 0 Å². The number of carbonyl (C=O) groups excluding carboxylic acids is 1. The van der Waals surface area contributed by atoms with Crippen molar-refractivity contribution in [1.82, 2.24) is 24.3 Å². The van der Waals surface area contributed by atoms with Gasteiger partial charge in [0.1, 0.15) is 24.1 Å². The zero-order chi connectivity index (χ0) is 24.7. The SMILES string of the molecule is Cc1ccc(NC(=O)Cn2c3ccc(C)cc3c3ncn(Cc4nc(C(C)C)no4)c(=O)c32)cc1. The van der Waals surface area contributed by atoms with Crippen LogP contribution in [-0.2, 0) is 17.9 Å². The van der Waals surface area contributed by atoms with Gasteiger partial charge in [-0.25, -0.2) is 4.98 Å². The molecule has 5 rings (SSSR count). The summed E-state index contributed by atoms with van der Waals surface area (Å²) >= 11 is 0. The zero-order valence-corrected chi connectivity index (χ0v) is 20.1. The Morgan fingerprint density at radius 3 is 2.54 bits per heavy atom. The molecule has 5 aromatic rings. The monoisotopic (exact) mass is 470 g/mol. The highest BCUT2D eigenvalue weighted by Crippen LogP contribution is 2.26. The maximum Gasteiger partial charge on any atom is 0.278 e. The number of benzene rings is 2. The average Bonchev–Trinajstić information content (AvgIpc) is 3.41. The van der Waals surface area contributed by atoms with Crippen molar-refractivity contribution >= 4 is 33.5 Å². The zero-order valence-electron chi connectivity index (χ0n) is 20.1. The van der Waals surface area contributed by atoms with E-state index >= 15 is 0 Å². The number of fused-ring (bicyclic) bond motifs is 3. The predicted molar refractivity (Wildman–Crippen MR) is 134 cm³/mol. The Morgan fingerprint density at radius 2 is 1.83 bits per heavy atom. The van der Waals surface area contributed by atoms with Crippen LogP contribution in [0.3, 0.4) is 0 Å². The van der Waals surface area contributed by atoms with E-state index in [-0.39, 0.29) is 30.5 Å². The molecule has 9 heteroatoms. The molecule has 1 amide bonds. The summed E-state index contributed by atoms with van der Waals surface area (Å²) < 4.78 is 8.48. The van der Waals surface area contributed by atoms with Gasteiger partial charge in [-0.2, -0.15) is 4.98 Å². The molecule has 178 valence electrons. The number of hydrogen-bond donors (Lipinski definition) is 1. The van der Waals surface area contributed by atoms with Crippen molar-refractivity contribution in [2.24, 2.45) is 0 Å². The van der Waals surface area contributed by atoms with E-state index in [1.54, 1.807) is 4.57 Å². The lowest BCUT2D eigenvalue weighted by molar-refractivity contribution is -0.116. The summed E-state index contributed by atoms with van der Waals surface area (Å²) in [7, 11) is 0. The van der Waals surface area contributed by atoms with E-state index in [4.69, 9.17) is 4.52 Å². The Bertz CT molecular complexity index is 1610. The summed E-state index contributed by atoms with van der Waals surface area (Å²) in [5.74, 6) is 0.788. The smallest absolute Gasteiger partial charge is 0.278 e. The third-order valence-electron chi connectivity index (χ3n) is 5.92. The normalized spacial score (nSPS) is 11.6. The van der Waals surface area contributed by atoms with Crippen molar-refractivity contribution in [2.45, 2.75) is 46.7 Å². The number of amides is 1. The molecule has 0 aliphatic carbocycles. The molecule has 3 aromatic heterocycles. The Kier molecular flexibility index (Phi) is 5.68. The molecule has 35 heavy (non-hydrogen) atoms. The Hall–Kier alpha value is -4.27. The second-order valence-electron chi connectivity index (χ2n) is 9.10. The van der Waals surface area contributed by atoms with Crippen LogP contribution in [0.25, 0.3) is 21.9 Å². The highest BCUT2D eigenvalue weighted by molar-refractivity contribution is 6.06. The third kappa shape index (κ3) is 4.32. The molecule has 0 aliphatic rings. The standard InChI is InChI=1S/C26H26N6O3/c1-15(2)25-29-22(35-30-25)13-31-14-27-23-19-11-17(4)7-10-20(19)32(24(23)26(31)34)12-21(33)28-18-8-5-16(3)6-9-18/h5-11,14-15H,12-13H2,1-4H3,(H,28,33). The van der Waals surface area contributed by atoms with Crippen molar-refractivity contribution in [1.29, 1.82) is 0 Å². The summed E-state index contributed by atoms with van der Waals surface area (Å²) in [6.07, 6.45) is 1.49. The summed E-state index contributed by atoms with van der Waals surface area (Å²) in [6, 6.07) is 13.4. The molecule has 0 saturated carbocycles. The van der Waals surface area contributed by atoms with Gasteiger partial charge in [-0.05, 0) is 38.1 Å².